The fraction of sp³-hybridized carbons (Fsp3) is 0.800. The van der Waals surface area contributed by atoms with Crippen LogP contribution in [0.1, 0.15) is 20.3 Å². The van der Waals surface area contributed by atoms with Crippen LogP contribution in [0.15, 0.2) is 11.6 Å². The smallest absolute Gasteiger partial charge is 0.187 e. The Balaban J connectivity index is 1.95. The number of aliphatic hydroxyl groups is 3. The molecule has 7 atom stereocenters. The van der Waals surface area contributed by atoms with E-state index in [-0.39, 0.29) is 5.78 Å². The molecule has 2 aliphatic carbocycles. The van der Waals surface area contributed by atoms with Gasteiger partial charge in [-0.1, -0.05) is 6.92 Å². The average Bonchev–Trinajstić information content (AvgIpc) is 3.20. The number of carbonyl (C=O) groups excluding carboxylic acids is 1. The lowest BCUT2D eigenvalue weighted by Crippen LogP contribution is -2.70. The number of epoxide rings is 1. The van der Waals surface area contributed by atoms with Crippen LogP contribution in [-0.2, 0) is 14.3 Å². The van der Waals surface area contributed by atoms with Crippen LogP contribution in [0.25, 0.3) is 0 Å². The Morgan fingerprint density at radius 3 is 2.67 bits per heavy atom. The highest BCUT2D eigenvalue weighted by atomic mass is 16.6. The van der Waals surface area contributed by atoms with Crippen molar-refractivity contribution >= 4 is 5.78 Å². The molecule has 2 heterocycles. The second-order valence-corrected chi connectivity index (χ2v) is 7.07. The minimum Gasteiger partial charge on any atom is -0.396 e. The summed E-state index contributed by atoms with van der Waals surface area (Å²) in [7, 11) is 0. The summed E-state index contributed by atoms with van der Waals surface area (Å²) in [5.74, 6) is -0.388. The summed E-state index contributed by atoms with van der Waals surface area (Å²) in [6.07, 6.45) is -1.14. The van der Waals surface area contributed by atoms with Crippen molar-refractivity contribution in [1.82, 2.24) is 0 Å². The van der Waals surface area contributed by atoms with Crippen LogP contribution >= 0.6 is 0 Å². The van der Waals surface area contributed by atoms with Gasteiger partial charge in [0.05, 0.1) is 30.8 Å². The molecule has 0 aromatic rings. The van der Waals surface area contributed by atoms with Gasteiger partial charge in [0.1, 0.15) is 17.8 Å². The van der Waals surface area contributed by atoms with E-state index in [0.29, 0.717) is 18.6 Å². The van der Waals surface area contributed by atoms with E-state index >= 15 is 0 Å². The standard InChI is InChI=1S/C15H20O6/c1-7-3-9-14(5-16,11(19)10(7)18)13(2)4-8(17)12(21-9)15(13)6-20-15/h3,8-9,11-12,16-17,19H,4-6H2,1-2H3/t8-,9?,11-,12?,13-,14-,15+/m1/s1. The third-order valence-corrected chi connectivity index (χ3v) is 6.43. The quantitative estimate of drug-likeness (QED) is 0.546. The third kappa shape index (κ3) is 1.22. The summed E-state index contributed by atoms with van der Waals surface area (Å²) in [5, 5.41) is 31.1. The molecule has 0 amide bonds. The number of fused-ring (bicyclic) bond motifs is 2. The molecule has 6 nitrogen and oxygen atoms in total. The Morgan fingerprint density at radius 1 is 1.43 bits per heavy atom. The summed E-state index contributed by atoms with van der Waals surface area (Å²) < 4.78 is 11.6. The molecule has 6 heteroatoms. The van der Waals surface area contributed by atoms with E-state index in [1.54, 1.807) is 13.0 Å². The first-order valence-electron chi connectivity index (χ1n) is 7.33. The second-order valence-electron chi connectivity index (χ2n) is 7.07. The predicted molar refractivity (Wildman–Crippen MR) is 70.4 cm³/mol. The molecule has 1 spiro atoms. The largest absolute Gasteiger partial charge is 0.396 e. The maximum absolute atomic E-state index is 12.3. The van der Waals surface area contributed by atoms with E-state index in [0.717, 1.165) is 0 Å². The molecule has 2 saturated heterocycles. The minimum atomic E-state index is -1.35. The number of hydrogen-bond acceptors (Lipinski definition) is 6. The van der Waals surface area contributed by atoms with Gasteiger partial charge in [0.15, 0.2) is 5.78 Å². The normalized spacial score (nSPS) is 58.1. The van der Waals surface area contributed by atoms with Crippen LogP contribution in [0, 0.1) is 10.8 Å². The number of aliphatic hydroxyl groups excluding tert-OH is 3. The van der Waals surface area contributed by atoms with Gasteiger partial charge >= 0.3 is 0 Å². The van der Waals surface area contributed by atoms with Crippen LogP contribution in [0.4, 0.5) is 0 Å². The molecule has 0 radical (unpaired) electrons. The second kappa shape index (κ2) is 3.75. The average molecular weight is 296 g/mol. The Hall–Kier alpha value is -0.790. The predicted octanol–water partition coefficient (Wildman–Crippen LogP) is -0.838. The van der Waals surface area contributed by atoms with Gasteiger partial charge in [-0.05, 0) is 25.0 Å². The number of ketones is 1. The molecular formula is C15H20O6. The van der Waals surface area contributed by atoms with Crippen LogP contribution < -0.4 is 0 Å². The summed E-state index contributed by atoms with van der Waals surface area (Å²) in [5.41, 5.74) is -2.16. The lowest BCUT2D eigenvalue weighted by atomic mass is 9.50. The van der Waals surface area contributed by atoms with Gasteiger partial charge in [-0.15, -0.1) is 0 Å². The Morgan fingerprint density at radius 2 is 2.10 bits per heavy atom. The van der Waals surface area contributed by atoms with E-state index in [1.807, 2.05) is 6.92 Å². The van der Waals surface area contributed by atoms with Gasteiger partial charge in [0.2, 0.25) is 0 Å². The van der Waals surface area contributed by atoms with E-state index in [9.17, 15) is 20.1 Å². The van der Waals surface area contributed by atoms with Gasteiger partial charge in [-0.2, -0.15) is 0 Å². The monoisotopic (exact) mass is 296 g/mol. The molecule has 2 aliphatic heterocycles. The van der Waals surface area contributed by atoms with Gasteiger partial charge in [-0.25, -0.2) is 0 Å². The van der Waals surface area contributed by atoms with E-state index in [4.69, 9.17) is 9.47 Å². The van der Waals surface area contributed by atoms with Gasteiger partial charge in [-0.3, -0.25) is 4.79 Å². The number of ether oxygens (including phenoxy) is 2. The van der Waals surface area contributed by atoms with Crippen molar-refractivity contribution in [2.45, 2.75) is 50.3 Å². The number of carbonyl (C=O) groups is 1. The van der Waals surface area contributed by atoms with Crippen molar-refractivity contribution in [3.63, 3.8) is 0 Å². The Kier molecular flexibility index (Phi) is 2.47. The SMILES string of the molecule is CC1=CC2OC3[C@H](O)C[C@@](C)([C@]34CO4)[C@@]2(CO)[C@H](O)C1=O. The van der Waals surface area contributed by atoms with Crippen LogP contribution in [0.2, 0.25) is 0 Å². The highest BCUT2D eigenvalue weighted by Gasteiger charge is 2.83. The zero-order chi connectivity index (χ0) is 15.2. The highest BCUT2D eigenvalue weighted by molar-refractivity contribution is 6.00. The zero-order valence-corrected chi connectivity index (χ0v) is 12.1. The van der Waals surface area contributed by atoms with Crippen molar-refractivity contribution in [1.29, 1.82) is 0 Å². The van der Waals surface area contributed by atoms with Gasteiger partial charge in [0, 0.05) is 5.41 Å². The molecule has 21 heavy (non-hydrogen) atoms. The fourth-order valence-corrected chi connectivity index (χ4v) is 5.02. The molecule has 3 fully saturated rings. The third-order valence-electron chi connectivity index (χ3n) is 6.43. The van der Waals surface area contributed by atoms with E-state index < -0.39 is 47.5 Å². The van der Waals surface area contributed by atoms with Crippen LogP contribution in [-0.4, -0.2) is 64.3 Å². The number of Topliss-reactive ketones (excluding diaryl/α,β-unsaturated/α-hetero) is 1. The first-order valence-corrected chi connectivity index (χ1v) is 7.33. The van der Waals surface area contributed by atoms with Crippen molar-refractivity contribution in [3.05, 3.63) is 11.6 Å². The molecule has 116 valence electrons. The lowest BCUT2D eigenvalue weighted by molar-refractivity contribution is -0.244. The van der Waals surface area contributed by atoms with Gasteiger partial charge in [0.25, 0.3) is 0 Å². The molecule has 2 bridgehead atoms. The molecule has 4 rings (SSSR count). The fourth-order valence-electron chi connectivity index (χ4n) is 5.02. The van der Waals surface area contributed by atoms with E-state index in [2.05, 4.69) is 0 Å². The highest BCUT2D eigenvalue weighted by Crippen LogP contribution is 2.70. The minimum absolute atomic E-state index is 0.339. The number of hydrogen-bond donors (Lipinski definition) is 3. The molecule has 1 saturated carbocycles. The summed E-state index contributed by atoms with van der Waals surface area (Å²) >= 11 is 0. The maximum Gasteiger partial charge on any atom is 0.187 e. The summed E-state index contributed by atoms with van der Waals surface area (Å²) in [6, 6.07) is 0. The molecule has 0 aromatic carbocycles. The van der Waals surface area contributed by atoms with Crippen molar-refractivity contribution in [2.24, 2.45) is 10.8 Å². The molecule has 2 unspecified atom stereocenters. The number of rotatable bonds is 1. The van der Waals surface area contributed by atoms with Crippen molar-refractivity contribution < 1.29 is 29.6 Å². The Labute approximate surface area is 122 Å². The topological polar surface area (TPSA) is 99.5 Å². The lowest BCUT2D eigenvalue weighted by Gasteiger charge is -2.58. The Bertz CT molecular complexity index is 552. The van der Waals surface area contributed by atoms with Gasteiger partial charge < -0.3 is 24.8 Å². The van der Waals surface area contributed by atoms with E-state index in [1.165, 1.54) is 0 Å². The van der Waals surface area contributed by atoms with Crippen LogP contribution in [0.3, 0.4) is 0 Å². The van der Waals surface area contributed by atoms with Crippen molar-refractivity contribution in [2.75, 3.05) is 13.2 Å². The molecule has 0 aromatic heterocycles. The molecule has 4 aliphatic rings. The summed E-state index contributed by atoms with van der Waals surface area (Å²) in [6.45, 7) is 3.55. The maximum atomic E-state index is 12.3. The zero-order valence-electron chi connectivity index (χ0n) is 12.1. The molecule has 3 N–H and O–H groups in total. The van der Waals surface area contributed by atoms with Crippen LogP contribution in [0.5, 0.6) is 0 Å². The first kappa shape index (κ1) is 13.8. The molecular weight excluding hydrogens is 276 g/mol. The summed E-state index contributed by atoms with van der Waals surface area (Å²) in [4.78, 5) is 12.3. The van der Waals surface area contributed by atoms with Crippen molar-refractivity contribution in [3.8, 4) is 0 Å². The first-order chi connectivity index (χ1) is 9.84.